The van der Waals surface area contributed by atoms with Gasteiger partial charge in [-0.2, -0.15) is 4.98 Å². The predicted octanol–water partition coefficient (Wildman–Crippen LogP) is 2.58. The van der Waals surface area contributed by atoms with Gasteiger partial charge in [-0.1, -0.05) is 23.4 Å². The van der Waals surface area contributed by atoms with Crippen LogP contribution >= 0.6 is 0 Å². The summed E-state index contributed by atoms with van der Waals surface area (Å²) in [5.41, 5.74) is 1.24. The van der Waals surface area contributed by atoms with Crippen LogP contribution in [0.1, 0.15) is 11.7 Å². The summed E-state index contributed by atoms with van der Waals surface area (Å²) in [6.07, 6.45) is 2.88. The lowest BCUT2D eigenvalue weighted by Gasteiger charge is -2.02. The van der Waals surface area contributed by atoms with Crippen LogP contribution in [-0.4, -0.2) is 14.7 Å². The molecule has 4 heteroatoms. The average Bonchev–Trinajstić information content (AvgIpc) is 2.93. The highest BCUT2D eigenvalue weighted by Crippen LogP contribution is 2.15. The van der Waals surface area contributed by atoms with Crippen molar-refractivity contribution in [3.63, 3.8) is 0 Å². The summed E-state index contributed by atoms with van der Waals surface area (Å²) in [4.78, 5) is 4.20. The molecule has 3 aromatic rings. The minimum Gasteiger partial charge on any atom is -0.347 e. The highest BCUT2D eigenvalue weighted by Gasteiger charge is 2.04. The average molecular weight is 227 g/mol. The zero-order chi connectivity index (χ0) is 11.7. The van der Waals surface area contributed by atoms with Crippen molar-refractivity contribution < 1.29 is 4.52 Å². The Kier molecular flexibility index (Phi) is 2.40. The standard InChI is InChI=1S/C13H13N3O/c1-10-14-13(15-17-10)7-9-16-8-6-11-4-2-3-5-12(11)16/h2-6,8H,7,9H2,1H3. The van der Waals surface area contributed by atoms with Crippen LogP contribution in [0.15, 0.2) is 41.1 Å². The quantitative estimate of drug-likeness (QED) is 0.690. The molecule has 0 aliphatic carbocycles. The fourth-order valence-electron chi connectivity index (χ4n) is 2.00. The summed E-state index contributed by atoms with van der Waals surface area (Å²) >= 11 is 0. The lowest BCUT2D eigenvalue weighted by molar-refractivity contribution is 0.386. The molecule has 0 bridgehead atoms. The van der Waals surface area contributed by atoms with Gasteiger partial charge in [-0.25, -0.2) is 0 Å². The molecule has 4 nitrogen and oxygen atoms in total. The Morgan fingerprint density at radius 3 is 2.94 bits per heavy atom. The summed E-state index contributed by atoms with van der Waals surface area (Å²) in [6.45, 7) is 2.67. The van der Waals surface area contributed by atoms with Crippen LogP contribution in [0.3, 0.4) is 0 Å². The van der Waals surface area contributed by atoms with E-state index in [-0.39, 0.29) is 0 Å². The van der Waals surface area contributed by atoms with E-state index in [4.69, 9.17) is 4.52 Å². The highest BCUT2D eigenvalue weighted by molar-refractivity contribution is 5.79. The zero-order valence-corrected chi connectivity index (χ0v) is 9.63. The number of para-hydroxylation sites is 1. The van der Waals surface area contributed by atoms with Crippen LogP contribution in [0.25, 0.3) is 10.9 Å². The van der Waals surface area contributed by atoms with Crippen molar-refractivity contribution in [1.82, 2.24) is 14.7 Å². The smallest absolute Gasteiger partial charge is 0.223 e. The summed E-state index contributed by atoms with van der Waals surface area (Å²) in [5, 5.41) is 5.16. The van der Waals surface area contributed by atoms with E-state index < -0.39 is 0 Å². The molecule has 1 aromatic carbocycles. The van der Waals surface area contributed by atoms with E-state index in [1.807, 2.05) is 6.92 Å². The largest absolute Gasteiger partial charge is 0.347 e. The van der Waals surface area contributed by atoms with Crippen molar-refractivity contribution in [3.8, 4) is 0 Å². The van der Waals surface area contributed by atoms with E-state index in [0.717, 1.165) is 18.8 Å². The number of aryl methyl sites for hydroxylation is 3. The van der Waals surface area contributed by atoms with Crippen LogP contribution in [0.4, 0.5) is 0 Å². The van der Waals surface area contributed by atoms with Crippen molar-refractivity contribution in [2.75, 3.05) is 0 Å². The lowest BCUT2D eigenvalue weighted by atomic mass is 10.2. The lowest BCUT2D eigenvalue weighted by Crippen LogP contribution is -2.00. The van der Waals surface area contributed by atoms with Gasteiger partial charge >= 0.3 is 0 Å². The van der Waals surface area contributed by atoms with Gasteiger partial charge in [-0.3, -0.25) is 0 Å². The molecule has 0 aliphatic heterocycles. The number of hydrogen-bond acceptors (Lipinski definition) is 3. The third-order valence-electron chi connectivity index (χ3n) is 2.83. The van der Waals surface area contributed by atoms with E-state index in [1.54, 1.807) is 0 Å². The number of fused-ring (bicyclic) bond motifs is 1. The van der Waals surface area contributed by atoms with Gasteiger partial charge in [0.05, 0.1) is 0 Å². The number of nitrogens with zero attached hydrogens (tertiary/aromatic N) is 3. The van der Waals surface area contributed by atoms with Crippen molar-refractivity contribution >= 4 is 10.9 Å². The fourth-order valence-corrected chi connectivity index (χ4v) is 2.00. The topological polar surface area (TPSA) is 43.9 Å². The molecular formula is C13H13N3O. The molecular weight excluding hydrogens is 214 g/mol. The van der Waals surface area contributed by atoms with Gasteiger partial charge in [0.1, 0.15) is 0 Å². The molecule has 0 spiro atoms. The highest BCUT2D eigenvalue weighted by atomic mass is 16.5. The fraction of sp³-hybridized carbons (Fsp3) is 0.231. The maximum atomic E-state index is 4.95. The first-order valence-corrected chi connectivity index (χ1v) is 5.66. The second-order valence-electron chi connectivity index (χ2n) is 4.05. The van der Waals surface area contributed by atoms with E-state index in [2.05, 4.69) is 51.2 Å². The number of rotatable bonds is 3. The molecule has 0 radical (unpaired) electrons. The van der Waals surface area contributed by atoms with E-state index in [0.29, 0.717) is 5.89 Å². The number of hydrogen-bond donors (Lipinski definition) is 0. The van der Waals surface area contributed by atoms with Gasteiger partial charge in [0, 0.05) is 31.6 Å². The SMILES string of the molecule is Cc1nc(CCn2ccc3ccccc32)no1. The molecule has 0 saturated carbocycles. The Bertz CT molecular complexity index is 639. The Morgan fingerprint density at radius 1 is 1.24 bits per heavy atom. The van der Waals surface area contributed by atoms with Crippen LogP contribution in [-0.2, 0) is 13.0 Å². The molecule has 0 N–H and O–H groups in total. The third-order valence-corrected chi connectivity index (χ3v) is 2.83. The van der Waals surface area contributed by atoms with Crippen LogP contribution in [0, 0.1) is 6.92 Å². The van der Waals surface area contributed by atoms with Crippen molar-refractivity contribution in [1.29, 1.82) is 0 Å². The number of aromatic nitrogens is 3. The molecule has 3 rings (SSSR count). The molecule has 0 aliphatic rings. The summed E-state index contributed by atoms with van der Waals surface area (Å²) in [6, 6.07) is 10.5. The normalized spacial score (nSPS) is 11.1. The molecule has 17 heavy (non-hydrogen) atoms. The Hall–Kier alpha value is -2.10. The second-order valence-corrected chi connectivity index (χ2v) is 4.05. The first-order chi connectivity index (χ1) is 8.33. The van der Waals surface area contributed by atoms with Gasteiger partial charge in [0.25, 0.3) is 0 Å². The maximum Gasteiger partial charge on any atom is 0.223 e. The predicted molar refractivity (Wildman–Crippen MR) is 64.7 cm³/mol. The second kappa shape index (κ2) is 4.05. The van der Waals surface area contributed by atoms with E-state index in [9.17, 15) is 0 Å². The third kappa shape index (κ3) is 1.93. The summed E-state index contributed by atoms with van der Waals surface area (Å²) < 4.78 is 7.16. The van der Waals surface area contributed by atoms with Gasteiger partial charge in [-0.05, 0) is 17.5 Å². The number of benzene rings is 1. The van der Waals surface area contributed by atoms with Gasteiger partial charge in [-0.15, -0.1) is 0 Å². The first kappa shape index (κ1) is 10.1. The Balaban J connectivity index is 1.81. The molecule has 0 fully saturated rings. The van der Waals surface area contributed by atoms with Gasteiger partial charge in [0.2, 0.25) is 5.89 Å². The molecule has 86 valence electrons. The monoisotopic (exact) mass is 227 g/mol. The Morgan fingerprint density at radius 2 is 2.12 bits per heavy atom. The van der Waals surface area contributed by atoms with Crippen LogP contribution in [0.5, 0.6) is 0 Å². The summed E-state index contributed by atoms with van der Waals surface area (Å²) in [7, 11) is 0. The minimum absolute atomic E-state index is 0.623. The van der Waals surface area contributed by atoms with E-state index in [1.165, 1.54) is 10.9 Å². The molecule has 0 unspecified atom stereocenters. The van der Waals surface area contributed by atoms with Crippen molar-refractivity contribution in [2.24, 2.45) is 0 Å². The molecule has 0 saturated heterocycles. The zero-order valence-electron chi connectivity index (χ0n) is 9.63. The van der Waals surface area contributed by atoms with Crippen LogP contribution in [0.2, 0.25) is 0 Å². The maximum absolute atomic E-state index is 4.95. The van der Waals surface area contributed by atoms with E-state index >= 15 is 0 Å². The molecule has 2 aromatic heterocycles. The molecule has 0 atom stereocenters. The van der Waals surface area contributed by atoms with Gasteiger partial charge < -0.3 is 9.09 Å². The Labute approximate surface area is 98.9 Å². The van der Waals surface area contributed by atoms with Crippen molar-refractivity contribution in [2.45, 2.75) is 19.9 Å². The molecule has 0 amide bonds. The van der Waals surface area contributed by atoms with Crippen LogP contribution < -0.4 is 0 Å². The molecule has 2 heterocycles. The van der Waals surface area contributed by atoms with Crippen molar-refractivity contribution in [3.05, 3.63) is 48.2 Å². The first-order valence-electron chi connectivity index (χ1n) is 5.66. The summed E-state index contributed by atoms with van der Waals surface area (Å²) in [5.74, 6) is 1.39. The van der Waals surface area contributed by atoms with Gasteiger partial charge in [0.15, 0.2) is 5.82 Å². The minimum atomic E-state index is 0.623.